The number of hydrogen-bond donors (Lipinski definition) is 1. The summed E-state index contributed by atoms with van der Waals surface area (Å²) in [5.41, 5.74) is 0. The number of carbonyl (C=O) groups excluding carboxylic acids is 1. The number of nitrogens with one attached hydrogen (secondary N) is 1. The molecule has 0 unspecified atom stereocenters. The van der Waals surface area contributed by atoms with Crippen molar-refractivity contribution in [1.29, 1.82) is 0 Å². The first-order valence-electron chi connectivity index (χ1n) is 10.2. The topological polar surface area (TPSA) is 88.2 Å². The molecule has 164 valence electrons. The summed E-state index contributed by atoms with van der Waals surface area (Å²) in [6, 6.07) is 0. The normalized spacial score (nSPS) is 16.4. The third-order valence-corrected chi connectivity index (χ3v) is 6.23. The van der Waals surface area contributed by atoms with E-state index in [1.165, 1.54) is 17.1 Å². The highest BCUT2D eigenvalue weighted by molar-refractivity contribution is 7.87. The molecule has 0 atom stereocenters. The molecule has 1 aliphatic rings. The van der Waals surface area contributed by atoms with Crippen molar-refractivity contribution in [1.82, 2.24) is 13.9 Å². The Morgan fingerprint density at radius 1 is 1.25 bits per heavy atom. The average Bonchev–Trinajstić information content (AvgIpc) is 2.66. The lowest BCUT2D eigenvalue weighted by Gasteiger charge is -2.31. The number of nitrogens with zero attached hydrogens (tertiary/aromatic N) is 2. The Morgan fingerprint density at radius 2 is 1.93 bits per heavy atom. The maximum Gasteiger partial charge on any atom is 0.321 e. The summed E-state index contributed by atoms with van der Waals surface area (Å²) < 4.78 is 38.7. The Hall–Kier alpha value is -1.00. The van der Waals surface area contributed by atoms with Gasteiger partial charge in [-0.3, -0.25) is 4.79 Å². The number of likely N-dealkylation sites (N-methyl/N-ethyl adjacent to an activating group) is 1. The van der Waals surface area contributed by atoms with Crippen molar-refractivity contribution < 1.29 is 22.7 Å². The molecule has 0 saturated carbocycles. The minimum Gasteiger partial charge on any atom is -0.465 e. The zero-order valence-corrected chi connectivity index (χ0v) is 18.2. The number of unbranched alkanes of at least 4 members (excludes halogenated alkanes) is 3. The van der Waals surface area contributed by atoms with Gasteiger partial charge in [0.1, 0.15) is 6.54 Å². The zero-order chi connectivity index (χ0) is 20.8. The lowest BCUT2D eigenvalue weighted by Crippen LogP contribution is -2.47. The number of rotatable bonds is 15. The molecule has 1 rings (SSSR count). The van der Waals surface area contributed by atoms with Crippen LogP contribution >= 0.6 is 0 Å². The van der Waals surface area contributed by atoms with Gasteiger partial charge < -0.3 is 14.4 Å². The van der Waals surface area contributed by atoms with Gasteiger partial charge in [0.05, 0.1) is 12.7 Å². The summed E-state index contributed by atoms with van der Waals surface area (Å²) >= 11 is 0. The van der Waals surface area contributed by atoms with Gasteiger partial charge in [-0.25, -0.2) is 0 Å². The molecule has 0 bridgehead atoms. The molecule has 9 heteroatoms. The fraction of sp³-hybridized carbons (Fsp3) is 0.842. The van der Waals surface area contributed by atoms with Crippen molar-refractivity contribution in [2.75, 3.05) is 53.0 Å². The van der Waals surface area contributed by atoms with Gasteiger partial charge in [-0.1, -0.05) is 18.9 Å². The van der Waals surface area contributed by atoms with Crippen molar-refractivity contribution in [3.63, 3.8) is 0 Å². The zero-order valence-electron chi connectivity index (χ0n) is 17.4. The van der Waals surface area contributed by atoms with Crippen LogP contribution in [-0.2, 0) is 24.5 Å². The fourth-order valence-corrected chi connectivity index (χ4v) is 4.27. The number of ether oxygens (including phenoxy) is 2. The van der Waals surface area contributed by atoms with Crippen molar-refractivity contribution >= 4 is 16.2 Å². The van der Waals surface area contributed by atoms with E-state index in [9.17, 15) is 13.2 Å². The van der Waals surface area contributed by atoms with Gasteiger partial charge in [-0.15, -0.1) is 6.58 Å². The molecule has 1 fully saturated rings. The second kappa shape index (κ2) is 14.1. The Kier molecular flexibility index (Phi) is 12.6. The van der Waals surface area contributed by atoms with Crippen molar-refractivity contribution in [3.05, 3.63) is 12.7 Å². The average molecular weight is 420 g/mol. The highest BCUT2D eigenvalue weighted by Gasteiger charge is 2.28. The van der Waals surface area contributed by atoms with Crippen LogP contribution in [0.4, 0.5) is 0 Å². The Labute approximate surface area is 170 Å². The van der Waals surface area contributed by atoms with E-state index in [0.717, 1.165) is 32.5 Å². The smallest absolute Gasteiger partial charge is 0.321 e. The van der Waals surface area contributed by atoms with E-state index in [1.807, 2.05) is 6.08 Å². The summed E-state index contributed by atoms with van der Waals surface area (Å²) in [7, 11) is -1.55. The largest absolute Gasteiger partial charge is 0.465 e. The molecule has 0 aromatic carbocycles. The molecular weight excluding hydrogens is 382 g/mol. The van der Waals surface area contributed by atoms with Gasteiger partial charge in [0.25, 0.3) is 10.2 Å². The van der Waals surface area contributed by atoms with Crippen LogP contribution in [0.3, 0.4) is 0 Å². The van der Waals surface area contributed by atoms with Crippen LogP contribution in [-0.4, -0.2) is 82.7 Å². The van der Waals surface area contributed by atoms with Crippen LogP contribution in [0.1, 0.15) is 45.4 Å². The molecule has 8 nitrogen and oxygen atoms in total. The van der Waals surface area contributed by atoms with Gasteiger partial charge in [-0.05, 0) is 46.2 Å². The van der Waals surface area contributed by atoms with E-state index in [4.69, 9.17) is 9.47 Å². The molecule has 1 saturated heterocycles. The monoisotopic (exact) mass is 419 g/mol. The molecule has 0 spiro atoms. The highest BCUT2D eigenvalue weighted by Crippen LogP contribution is 2.16. The maximum absolute atomic E-state index is 12.2. The summed E-state index contributed by atoms with van der Waals surface area (Å²) in [6.07, 6.45) is 7.92. The van der Waals surface area contributed by atoms with Crippen LogP contribution in [0, 0.1) is 0 Å². The second-order valence-electron chi connectivity index (χ2n) is 7.07. The van der Waals surface area contributed by atoms with E-state index in [0.29, 0.717) is 25.9 Å². The summed E-state index contributed by atoms with van der Waals surface area (Å²) in [6.45, 7) is 8.85. The molecule has 0 aromatic rings. The van der Waals surface area contributed by atoms with Crippen LogP contribution < -0.4 is 4.72 Å². The van der Waals surface area contributed by atoms with Crippen molar-refractivity contribution in [2.45, 2.75) is 51.6 Å². The third-order valence-electron chi connectivity index (χ3n) is 4.67. The van der Waals surface area contributed by atoms with Crippen molar-refractivity contribution in [2.24, 2.45) is 0 Å². The van der Waals surface area contributed by atoms with Gasteiger partial charge in [-0.2, -0.15) is 17.4 Å². The number of carbonyl (C=O) groups is 1. The number of hydrogen-bond acceptors (Lipinski definition) is 6. The standard InChI is InChI=1S/C19H37N3O5S/c1-4-12-21(3)13-8-6-7-9-16-27-18-10-14-22(15-11-18)28(24,25)20-17-19(23)26-5-2/h4,18,20H,1,5-17H2,2-3H3. The first-order chi connectivity index (χ1) is 13.4. The van der Waals surface area contributed by atoms with E-state index >= 15 is 0 Å². The number of piperidine rings is 1. The SMILES string of the molecule is C=CCN(C)CCCCCCOC1CCN(S(=O)(=O)NCC(=O)OCC)CC1. The fourth-order valence-electron chi connectivity index (χ4n) is 3.09. The maximum atomic E-state index is 12.2. The second-order valence-corrected chi connectivity index (χ2v) is 8.82. The molecule has 1 N–H and O–H groups in total. The Bertz CT molecular complexity index is 548. The molecular formula is C19H37N3O5S. The van der Waals surface area contributed by atoms with Gasteiger partial charge in [0.15, 0.2) is 0 Å². The minimum absolute atomic E-state index is 0.107. The number of esters is 1. The predicted octanol–water partition coefficient (Wildman–Crippen LogP) is 1.54. The molecule has 1 aliphatic heterocycles. The minimum atomic E-state index is -3.65. The molecule has 0 amide bonds. The van der Waals surface area contributed by atoms with Crippen molar-refractivity contribution in [3.8, 4) is 0 Å². The Balaban J connectivity index is 2.11. The van der Waals surface area contributed by atoms with Crippen LogP contribution in [0.15, 0.2) is 12.7 Å². The first-order valence-corrected chi connectivity index (χ1v) is 11.6. The predicted molar refractivity (Wildman–Crippen MR) is 110 cm³/mol. The van der Waals surface area contributed by atoms with E-state index in [1.54, 1.807) is 6.92 Å². The lowest BCUT2D eigenvalue weighted by molar-refractivity contribution is -0.141. The summed E-state index contributed by atoms with van der Waals surface area (Å²) in [5, 5.41) is 0. The molecule has 1 heterocycles. The van der Waals surface area contributed by atoms with E-state index in [2.05, 4.69) is 23.2 Å². The molecule has 0 aromatic heterocycles. The van der Waals surface area contributed by atoms with Gasteiger partial charge >= 0.3 is 5.97 Å². The van der Waals surface area contributed by atoms with Gasteiger partial charge in [0.2, 0.25) is 0 Å². The molecule has 0 radical (unpaired) electrons. The Morgan fingerprint density at radius 3 is 2.57 bits per heavy atom. The van der Waals surface area contributed by atoms with E-state index < -0.39 is 16.2 Å². The highest BCUT2D eigenvalue weighted by atomic mass is 32.2. The quantitative estimate of drug-likeness (QED) is 0.246. The summed E-state index contributed by atoms with van der Waals surface area (Å²) in [5.74, 6) is -0.573. The van der Waals surface area contributed by atoms with Crippen LogP contribution in [0.25, 0.3) is 0 Å². The summed E-state index contributed by atoms with van der Waals surface area (Å²) in [4.78, 5) is 13.6. The molecule has 0 aliphatic carbocycles. The first kappa shape index (κ1) is 25.0. The molecule has 28 heavy (non-hydrogen) atoms. The van der Waals surface area contributed by atoms with Crippen LogP contribution in [0.5, 0.6) is 0 Å². The van der Waals surface area contributed by atoms with Crippen LogP contribution in [0.2, 0.25) is 0 Å². The van der Waals surface area contributed by atoms with E-state index in [-0.39, 0.29) is 19.3 Å². The third kappa shape index (κ3) is 10.5. The lowest BCUT2D eigenvalue weighted by atomic mass is 10.1. The van der Waals surface area contributed by atoms with Gasteiger partial charge in [0, 0.05) is 26.2 Å².